The summed E-state index contributed by atoms with van der Waals surface area (Å²) >= 11 is 0. The topological polar surface area (TPSA) is 121 Å². The number of aryl methyl sites for hydroxylation is 2. The summed E-state index contributed by atoms with van der Waals surface area (Å²) in [4.78, 5) is 0. The Morgan fingerprint density at radius 1 is 0.933 bits per heavy atom. The lowest BCUT2D eigenvalue weighted by molar-refractivity contribution is 0.547. The Kier molecular flexibility index (Phi) is 1.96. The average molecular weight is 230 g/mol. The van der Waals surface area contributed by atoms with E-state index < -0.39 is 9.84 Å². The molecule has 15 heavy (non-hydrogen) atoms. The van der Waals surface area contributed by atoms with Crippen LogP contribution < -0.4 is 0 Å². The van der Waals surface area contributed by atoms with Crippen LogP contribution in [0.3, 0.4) is 0 Å². The van der Waals surface area contributed by atoms with Crippen molar-refractivity contribution in [2.75, 3.05) is 0 Å². The fourth-order valence-corrected chi connectivity index (χ4v) is 2.20. The summed E-state index contributed by atoms with van der Waals surface area (Å²) in [7, 11) is -1.03. The molecule has 0 aliphatic carbocycles. The zero-order valence-corrected chi connectivity index (χ0v) is 8.62. The van der Waals surface area contributed by atoms with E-state index >= 15 is 0 Å². The van der Waals surface area contributed by atoms with Gasteiger partial charge in [0.25, 0.3) is 20.2 Å². The standard InChI is InChI=1S/C4H6N8O2S/c1-11-3(5-7-9-11)15(13,14)4-6-8-10-12(4)2/h1-2H3. The molecule has 80 valence electrons. The molecule has 0 fully saturated rings. The van der Waals surface area contributed by atoms with E-state index in [0.29, 0.717) is 0 Å². The van der Waals surface area contributed by atoms with Gasteiger partial charge in [-0.3, -0.25) is 0 Å². The summed E-state index contributed by atoms with van der Waals surface area (Å²) < 4.78 is 25.8. The van der Waals surface area contributed by atoms with Crippen LogP contribution in [0.4, 0.5) is 0 Å². The molecule has 0 aliphatic rings. The first-order chi connectivity index (χ1) is 7.03. The van der Waals surface area contributed by atoms with Crippen LogP contribution in [0.25, 0.3) is 0 Å². The number of tetrazole rings is 2. The van der Waals surface area contributed by atoms with Crippen molar-refractivity contribution in [3.8, 4) is 0 Å². The molecule has 0 atom stereocenters. The Labute approximate surface area is 83.8 Å². The van der Waals surface area contributed by atoms with E-state index in [1.165, 1.54) is 14.1 Å². The molecule has 2 aromatic rings. The van der Waals surface area contributed by atoms with E-state index in [0.717, 1.165) is 9.36 Å². The van der Waals surface area contributed by atoms with Crippen molar-refractivity contribution < 1.29 is 8.42 Å². The zero-order chi connectivity index (χ0) is 11.1. The summed E-state index contributed by atoms with van der Waals surface area (Å²) in [5.74, 6) is 0. The lowest BCUT2D eigenvalue weighted by atomic mass is 11.2. The Balaban J connectivity index is 2.64. The van der Waals surface area contributed by atoms with E-state index in [1.54, 1.807) is 0 Å². The van der Waals surface area contributed by atoms with Gasteiger partial charge in [0.15, 0.2) is 0 Å². The van der Waals surface area contributed by atoms with E-state index in [9.17, 15) is 8.42 Å². The molecular weight excluding hydrogens is 224 g/mol. The van der Waals surface area contributed by atoms with Gasteiger partial charge < -0.3 is 0 Å². The predicted octanol–water partition coefficient (Wildman–Crippen LogP) is -2.43. The molecule has 2 aromatic heterocycles. The SMILES string of the molecule is Cn1nnnc1S(=O)(=O)c1nnnn1C. The molecule has 0 amide bonds. The van der Waals surface area contributed by atoms with Crippen molar-refractivity contribution in [3.63, 3.8) is 0 Å². The molecular formula is C4H6N8O2S. The molecule has 11 heteroatoms. The molecule has 0 bridgehead atoms. The molecule has 0 saturated carbocycles. The van der Waals surface area contributed by atoms with Crippen LogP contribution in [-0.4, -0.2) is 48.8 Å². The molecule has 0 saturated heterocycles. The normalized spacial score (nSPS) is 11.9. The van der Waals surface area contributed by atoms with Gasteiger partial charge in [0.1, 0.15) is 0 Å². The Morgan fingerprint density at radius 3 is 1.60 bits per heavy atom. The lowest BCUT2D eigenvalue weighted by Gasteiger charge is -1.98. The van der Waals surface area contributed by atoms with Crippen LogP contribution >= 0.6 is 0 Å². The third-order valence-electron chi connectivity index (χ3n) is 1.64. The quantitative estimate of drug-likeness (QED) is 0.558. The molecule has 0 N–H and O–H groups in total. The number of hydrogen-bond donors (Lipinski definition) is 0. The second kappa shape index (κ2) is 3.05. The highest BCUT2D eigenvalue weighted by Gasteiger charge is 2.29. The van der Waals surface area contributed by atoms with Crippen LogP contribution in [0, 0.1) is 0 Å². The third kappa shape index (κ3) is 1.36. The maximum atomic E-state index is 11.9. The van der Waals surface area contributed by atoms with Crippen molar-refractivity contribution in [1.82, 2.24) is 40.4 Å². The van der Waals surface area contributed by atoms with Gasteiger partial charge in [0.2, 0.25) is 0 Å². The summed E-state index contributed by atoms with van der Waals surface area (Å²) in [6.45, 7) is 0. The van der Waals surface area contributed by atoms with Gasteiger partial charge in [0, 0.05) is 14.1 Å². The fraction of sp³-hybridized carbons (Fsp3) is 0.500. The third-order valence-corrected chi connectivity index (χ3v) is 3.30. The van der Waals surface area contributed by atoms with Gasteiger partial charge in [-0.15, -0.1) is 0 Å². The minimum atomic E-state index is -3.86. The number of nitrogens with zero attached hydrogens (tertiary/aromatic N) is 8. The van der Waals surface area contributed by atoms with Crippen LogP contribution in [0.1, 0.15) is 0 Å². The average Bonchev–Trinajstić information content (AvgIpc) is 2.73. The second-order valence-electron chi connectivity index (χ2n) is 2.67. The Hall–Kier alpha value is -1.91. The van der Waals surface area contributed by atoms with Crippen LogP contribution in [-0.2, 0) is 23.9 Å². The second-order valence-corrected chi connectivity index (χ2v) is 4.41. The first-order valence-corrected chi connectivity index (χ1v) is 5.21. The van der Waals surface area contributed by atoms with E-state index in [4.69, 9.17) is 0 Å². The first kappa shape index (κ1) is 9.64. The van der Waals surface area contributed by atoms with Crippen molar-refractivity contribution in [2.24, 2.45) is 14.1 Å². The van der Waals surface area contributed by atoms with E-state index in [1.807, 2.05) is 0 Å². The zero-order valence-electron chi connectivity index (χ0n) is 7.80. The van der Waals surface area contributed by atoms with Crippen LogP contribution in [0.15, 0.2) is 10.3 Å². The first-order valence-electron chi connectivity index (χ1n) is 3.73. The molecule has 0 unspecified atom stereocenters. The largest absolute Gasteiger partial charge is 0.280 e. The van der Waals surface area contributed by atoms with Crippen LogP contribution in [0.2, 0.25) is 0 Å². The Bertz CT molecular complexity index is 535. The highest BCUT2D eigenvalue weighted by Crippen LogP contribution is 2.12. The summed E-state index contributed by atoms with van der Waals surface area (Å²) in [5, 5.41) is 19.5. The van der Waals surface area contributed by atoms with E-state index in [-0.39, 0.29) is 10.3 Å². The number of aromatic nitrogens is 8. The molecule has 0 spiro atoms. The summed E-state index contributed by atoms with van der Waals surface area (Å²) in [5.41, 5.74) is 0. The summed E-state index contributed by atoms with van der Waals surface area (Å²) in [6, 6.07) is 0. The molecule has 10 nitrogen and oxygen atoms in total. The molecule has 2 heterocycles. The smallest absolute Gasteiger partial charge is 0.219 e. The molecule has 0 radical (unpaired) electrons. The minimum Gasteiger partial charge on any atom is -0.219 e. The molecule has 2 rings (SSSR count). The number of rotatable bonds is 2. The lowest BCUT2D eigenvalue weighted by Crippen LogP contribution is -2.14. The predicted molar refractivity (Wildman–Crippen MR) is 43.0 cm³/mol. The van der Waals surface area contributed by atoms with E-state index in [2.05, 4.69) is 31.1 Å². The van der Waals surface area contributed by atoms with Crippen LogP contribution in [0.5, 0.6) is 0 Å². The highest BCUT2D eigenvalue weighted by molar-refractivity contribution is 7.91. The van der Waals surface area contributed by atoms with Crippen molar-refractivity contribution >= 4 is 9.84 Å². The van der Waals surface area contributed by atoms with Gasteiger partial charge in [-0.05, 0) is 20.9 Å². The number of sulfone groups is 1. The highest BCUT2D eigenvalue weighted by atomic mass is 32.2. The van der Waals surface area contributed by atoms with Crippen molar-refractivity contribution in [3.05, 3.63) is 0 Å². The van der Waals surface area contributed by atoms with Gasteiger partial charge in [0.05, 0.1) is 0 Å². The number of hydrogen-bond acceptors (Lipinski definition) is 8. The maximum Gasteiger partial charge on any atom is 0.280 e. The Morgan fingerprint density at radius 2 is 1.33 bits per heavy atom. The van der Waals surface area contributed by atoms with Crippen molar-refractivity contribution in [2.45, 2.75) is 10.3 Å². The van der Waals surface area contributed by atoms with Crippen molar-refractivity contribution in [1.29, 1.82) is 0 Å². The molecule has 0 aliphatic heterocycles. The van der Waals surface area contributed by atoms with Gasteiger partial charge in [-0.2, -0.15) is 0 Å². The minimum absolute atomic E-state index is 0.305. The summed E-state index contributed by atoms with van der Waals surface area (Å²) in [6.07, 6.45) is 0. The van der Waals surface area contributed by atoms with Gasteiger partial charge in [-0.1, -0.05) is 10.2 Å². The van der Waals surface area contributed by atoms with Gasteiger partial charge in [-0.25, -0.2) is 17.8 Å². The molecule has 0 aromatic carbocycles. The fourth-order valence-electron chi connectivity index (χ4n) is 0.979. The monoisotopic (exact) mass is 230 g/mol. The van der Waals surface area contributed by atoms with Gasteiger partial charge >= 0.3 is 0 Å². The maximum absolute atomic E-state index is 11.9.